The lowest BCUT2D eigenvalue weighted by atomic mass is 9.96. The van der Waals surface area contributed by atoms with E-state index in [1.165, 1.54) is 16.5 Å². The average Bonchev–Trinajstić information content (AvgIpc) is 3.84. The first kappa shape index (κ1) is 31.2. The van der Waals surface area contributed by atoms with Gasteiger partial charge < -0.3 is 13.7 Å². The van der Waals surface area contributed by atoms with E-state index in [0.717, 1.165) is 88.6 Å². The molecular weight excluding hydrogens is 671 g/mol. The van der Waals surface area contributed by atoms with Gasteiger partial charge in [0.25, 0.3) is 0 Å². The number of benzene rings is 9. The summed E-state index contributed by atoms with van der Waals surface area (Å²) >= 11 is 0. The summed E-state index contributed by atoms with van der Waals surface area (Å²) in [6, 6.07) is 70.9. The highest BCUT2D eigenvalue weighted by Gasteiger charge is 2.21. The zero-order chi connectivity index (χ0) is 36.3. The topological polar surface area (TPSA) is 29.5 Å². The summed E-state index contributed by atoms with van der Waals surface area (Å²) in [5.74, 6) is 0. The molecule has 0 bridgehead atoms. The quantitative estimate of drug-likeness (QED) is 0.173. The fourth-order valence-electron chi connectivity index (χ4n) is 8.34. The van der Waals surface area contributed by atoms with Crippen molar-refractivity contribution in [3.8, 4) is 33.4 Å². The van der Waals surface area contributed by atoms with Crippen molar-refractivity contribution in [2.45, 2.75) is 0 Å². The molecule has 0 aliphatic rings. The van der Waals surface area contributed by atoms with Crippen molar-refractivity contribution in [1.82, 2.24) is 0 Å². The van der Waals surface area contributed by atoms with Crippen LogP contribution in [-0.2, 0) is 0 Å². The number of rotatable bonds is 6. The first-order valence-electron chi connectivity index (χ1n) is 18.7. The highest BCUT2D eigenvalue weighted by Crippen LogP contribution is 2.46. The van der Waals surface area contributed by atoms with E-state index in [1.807, 2.05) is 12.1 Å². The molecule has 258 valence electrons. The largest absolute Gasteiger partial charge is 0.456 e. The Hall–Kier alpha value is -7.36. The third kappa shape index (κ3) is 5.13. The zero-order valence-electron chi connectivity index (χ0n) is 29.8. The van der Waals surface area contributed by atoms with Crippen molar-refractivity contribution in [2.75, 3.05) is 4.90 Å². The molecule has 0 radical (unpaired) electrons. The summed E-state index contributed by atoms with van der Waals surface area (Å²) in [4.78, 5) is 2.37. The van der Waals surface area contributed by atoms with E-state index in [4.69, 9.17) is 8.83 Å². The number of hydrogen-bond donors (Lipinski definition) is 0. The Morgan fingerprint density at radius 1 is 0.309 bits per heavy atom. The molecule has 2 heterocycles. The molecule has 3 heteroatoms. The van der Waals surface area contributed by atoms with E-state index in [1.54, 1.807) is 0 Å². The van der Waals surface area contributed by atoms with Gasteiger partial charge in [0.1, 0.15) is 22.3 Å². The maximum Gasteiger partial charge on any atom is 0.143 e. The molecule has 3 nitrogen and oxygen atoms in total. The van der Waals surface area contributed by atoms with Gasteiger partial charge in [-0.25, -0.2) is 0 Å². The third-order valence-corrected chi connectivity index (χ3v) is 10.9. The van der Waals surface area contributed by atoms with E-state index < -0.39 is 0 Å². The molecule has 0 N–H and O–H groups in total. The maximum atomic E-state index is 6.54. The van der Waals surface area contributed by atoms with Gasteiger partial charge in [-0.3, -0.25) is 0 Å². The molecule has 0 saturated heterocycles. The van der Waals surface area contributed by atoms with Gasteiger partial charge in [0.05, 0.1) is 5.69 Å². The van der Waals surface area contributed by atoms with Crippen molar-refractivity contribution in [3.05, 3.63) is 200 Å². The second-order valence-corrected chi connectivity index (χ2v) is 14.0. The lowest BCUT2D eigenvalue weighted by Gasteiger charge is -2.28. The summed E-state index contributed by atoms with van der Waals surface area (Å²) < 4.78 is 12.9. The molecule has 9 aromatic carbocycles. The minimum absolute atomic E-state index is 0.880. The van der Waals surface area contributed by atoms with Crippen LogP contribution in [0.2, 0.25) is 0 Å². The third-order valence-electron chi connectivity index (χ3n) is 10.9. The predicted octanol–water partition coefficient (Wildman–Crippen LogP) is 15.1. The molecule has 0 spiro atoms. The monoisotopic (exact) mass is 703 g/mol. The fraction of sp³-hybridized carbons (Fsp3) is 0. The molecule has 55 heavy (non-hydrogen) atoms. The minimum atomic E-state index is 0.880. The van der Waals surface area contributed by atoms with E-state index in [9.17, 15) is 0 Å². The Kier molecular flexibility index (Phi) is 7.17. The van der Waals surface area contributed by atoms with Crippen LogP contribution in [0.15, 0.2) is 209 Å². The Labute approximate surface area is 317 Å². The van der Waals surface area contributed by atoms with Crippen molar-refractivity contribution in [3.63, 3.8) is 0 Å². The van der Waals surface area contributed by atoms with Gasteiger partial charge in [0, 0.05) is 43.9 Å². The molecule has 0 amide bonds. The van der Waals surface area contributed by atoms with E-state index in [-0.39, 0.29) is 0 Å². The smallest absolute Gasteiger partial charge is 0.143 e. The zero-order valence-corrected chi connectivity index (χ0v) is 29.8. The normalized spacial score (nSPS) is 11.6. The maximum absolute atomic E-state index is 6.54. The predicted molar refractivity (Wildman–Crippen MR) is 229 cm³/mol. The summed E-state index contributed by atoms with van der Waals surface area (Å²) in [6.45, 7) is 0. The van der Waals surface area contributed by atoms with Crippen LogP contribution in [0, 0.1) is 0 Å². The minimum Gasteiger partial charge on any atom is -0.456 e. The second kappa shape index (κ2) is 12.6. The Bertz CT molecular complexity index is 3190. The lowest BCUT2D eigenvalue weighted by Crippen LogP contribution is -2.11. The Morgan fingerprint density at radius 3 is 1.67 bits per heavy atom. The first-order valence-corrected chi connectivity index (χ1v) is 18.7. The number of anilines is 3. The molecule has 0 atom stereocenters. The van der Waals surface area contributed by atoms with Crippen LogP contribution < -0.4 is 4.90 Å². The number of hydrogen-bond acceptors (Lipinski definition) is 3. The van der Waals surface area contributed by atoms with Crippen LogP contribution >= 0.6 is 0 Å². The highest BCUT2D eigenvalue weighted by atomic mass is 16.3. The molecule has 2 aromatic heterocycles. The molecule has 0 aliphatic carbocycles. The second-order valence-electron chi connectivity index (χ2n) is 14.0. The fourth-order valence-corrected chi connectivity index (χ4v) is 8.34. The summed E-state index contributed by atoms with van der Waals surface area (Å²) in [7, 11) is 0. The number of fused-ring (bicyclic) bond motifs is 8. The molecule has 0 unspecified atom stereocenters. The lowest BCUT2D eigenvalue weighted by molar-refractivity contribution is 0.669. The van der Waals surface area contributed by atoms with Crippen molar-refractivity contribution in [1.29, 1.82) is 0 Å². The molecule has 0 aliphatic heterocycles. The van der Waals surface area contributed by atoms with Gasteiger partial charge in [-0.2, -0.15) is 0 Å². The highest BCUT2D eigenvalue weighted by molar-refractivity contribution is 6.19. The number of para-hydroxylation sites is 2. The van der Waals surface area contributed by atoms with Crippen LogP contribution in [0.1, 0.15) is 0 Å². The molecule has 11 aromatic rings. The van der Waals surface area contributed by atoms with Gasteiger partial charge in [-0.1, -0.05) is 146 Å². The van der Waals surface area contributed by atoms with Gasteiger partial charge in [-0.15, -0.1) is 0 Å². The van der Waals surface area contributed by atoms with Crippen molar-refractivity contribution >= 4 is 71.7 Å². The Balaban J connectivity index is 1.08. The Morgan fingerprint density at radius 2 is 0.873 bits per heavy atom. The van der Waals surface area contributed by atoms with Gasteiger partial charge in [0.15, 0.2) is 0 Å². The van der Waals surface area contributed by atoms with Gasteiger partial charge in [0.2, 0.25) is 0 Å². The first-order chi connectivity index (χ1) is 27.3. The van der Waals surface area contributed by atoms with E-state index in [0.29, 0.717) is 0 Å². The average molecular weight is 704 g/mol. The molecular formula is C52H33NO2. The van der Waals surface area contributed by atoms with Crippen LogP contribution in [0.25, 0.3) is 88.0 Å². The van der Waals surface area contributed by atoms with E-state index >= 15 is 0 Å². The van der Waals surface area contributed by atoms with Crippen LogP contribution in [0.3, 0.4) is 0 Å². The van der Waals surface area contributed by atoms with Crippen LogP contribution in [0.4, 0.5) is 17.1 Å². The van der Waals surface area contributed by atoms with Gasteiger partial charge in [-0.05, 0) is 87.8 Å². The summed E-state index contributed by atoms with van der Waals surface area (Å²) in [6.07, 6.45) is 0. The SMILES string of the molecule is c1ccc(-c2ccc(N(c3ccc(-c4cccc5oc6c7ccccc7ccc6c45)cc3)c3ccccc3-c3cccc4oc5ccccc5c34)cc2)cc1. The number of nitrogens with zero attached hydrogens (tertiary/aromatic N) is 1. The van der Waals surface area contributed by atoms with E-state index in [2.05, 4.69) is 193 Å². The molecule has 0 saturated carbocycles. The van der Waals surface area contributed by atoms with Gasteiger partial charge >= 0.3 is 0 Å². The van der Waals surface area contributed by atoms with Crippen molar-refractivity contribution in [2.24, 2.45) is 0 Å². The standard InChI is InChI=1S/C52H33NO2/c1-2-12-34(13-3-1)35-24-29-38(30-25-35)53(46-20-8-6-16-42(46)43-19-11-22-48-51(43)44-17-7-9-21-47(44)54-48)39-31-26-37(27-32-39)40-18-10-23-49-50(40)45-33-28-36-14-4-5-15-41(36)52(45)55-49/h1-33H. The molecule has 0 fully saturated rings. The van der Waals surface area contributed by atoms with Crippen molar-refractivity contribution < 1.29 is 8.83 Å². The van der Waals surface area contributed by atoms with Crippen LogP contribution in [0.5, 0.6) is 0 Å². The summed E-state index contributed by atoms with van der Waals surface area (Å²) in [5.41, 5.74) is 13.7. The number of furan rings is 2. The molecule has 11 rings (SSSR count). The van der Waals surface area contributed by atoms with Crippen LogP contribution in [-0.4, -0.2) is 0 Å². The summed E-state index contributed by atoms with van der Waals surface area (Å²) in [5, 5.41) is 6.80.